The standard InChI is InChI=1S/C10H11F3N2O2/c1-6-3-7(2)14-8(4-6)15-9(16)17-5-10(11,12)13/h3-4H,5H2,1-2H3,(H,14,15,16). The second-order valence-electron chi connectivity index (χ2n) is 3.49. The Morgan fingerprint density at radius 2 is 2.06 bits per heavy atom. The van der Waals surface area contributed by atoms with Crippen LogP contribution in [0.25, 0.3) is 0 Å². The molecule has 4 nitrogen and oxygen atoms in total. The summed E-state index contributed by atoms with van der Waals surface area (Å²) in [5.41, 5.74) is 1.49. The van der Waals surface area contributed by atoms with E-state index < -0.39 is 18.9 Å². The highest BCUT2D eigenvalue weighted by molar-refractivity contribution is 5.83. The number of aryl methyl sites for hydroxylation is 2. The van der Waals surface area contributed by atoms with E-state index in [0.717, 1.165) is 5.56 Å². The molecule has 0 spiro atoms. The van der Waals surface area contributed by atoms with Crippen molar-refractivity contribution in [3.8, 4) is 0 Å². The van der Waals surface area contributed by atoms with E-state index in [0.29, 0.717) is 5.69 Å². The molecule has 1 N–H and O–H groups in total. The molecule has 1 heterocycles. The number of aromatic nitrogens is 1. The molecule has 0 aromatic carbocycles. The van der Waals surface area contributed by atoms with E-state index in [1.54, 1.807) is 19.9 Å². The van der Waals surface area contributed by atoms with Crippen LogP contribution in [0.1, 0.15) is 11.3 Å². The molecule has 0 aliphatic heterocycles. The number of alkyl halides is 3. The first-order chi connectivity index (χ1) is 7.76. The van der Waals surface area contributed by atoms with Gasteiger partial charge >= 0.3 is 12.3 Å². The van der Waals surface area contributed by atoms with E-state index in [-0.39, 0.29) is 5.82 Å². The summed E-state index contributed by atoms with van der Waals surface area (Å²) >= 11 is 0. The van der Waals surface area contributed by atoms with E-state index in [2.05, 4.69) is 15.0 Å². The van der Waals surface area contributed by atoms with Crippen LogP contribution in [0.2, 0.25) is 0 Å². The third-order valence-corrected chi connectivity index (χ3v) is 1.69. The Labute approximate surface area is 95.8 Å². The number of amides is 1. The number of rotatable bonds is 2. The van der Waals surface area contributed by atoms with Crippen LogP contribution in [-0.2, 0) is 4.74 Å². The van der Waals surface area contributed by atoms with Gasteiger partial charge in [-0.1, -0.05) is 0 Å². The summed E-state index contributed by atoms with van der Waals surface area (Å²) in [5, 5.41) is 2.12. The highest BCUT2D eigenvalue weighted by atomic mass is 19.4. The Morgan fingerprint density at radius 3 is 2.59 bits per heavy atom. The summed E-state index contributed by atoms with van der Waals surface area (Å²) in [4.78, 5) is 14.9. The zero-order valence-electron chi connectivity index (χ0n) is 9.26. The van der Waals surface area contributed by atoms with Gasteiger partial charge in [0.2, 0.25) is 0 Å². The van der Waals surface area contributed by atoms with E-state index in [1.165, 1.54) is 6.07 Å². The molecule has 0 aliphatic rings. The second kappa shape index (κ2) is 5.03. The van der Waals surface area contributed by atoms with Crippen molar-refractivity contribution in [1.82, 2.24) is 4.98 Å². The van der Waals surface area contributed by atoms with Gasteiger partial charge in [-0.25, -0.2) is 9.78 Å². The molecular weight excluding hydrogens is 237 g/mol. The molecule has 1 aromatic heterocycles. The van der Waals surface area contributed by atoms with Gasteiger partial charge in [-0.2, -0.15) is 13.2 Å². The van der Waals surface area contributed by atoms with Crippen LogP contribution in [0, 0.1) is 13.8 Å². The van der Waals surface area contributed by atoms with Gasteiger partial charge < -0.3 is 4.74 Å². The van der Waals surface area contributed by atoms with Crippen molar-refractivity contribution in [3.05, 3.63) is 23.4 Å². The van der Waals surface area contributed by atoms with Crippen molar-refractivity contribution in [2.24, 2.45) is 0 Å². The van der Waals surface area contributed by atoms with Gasteiger partial charge in [0, 0.05) is 5.69 Å². The minimum atomic E-state index is -4.53. The maximum atomic E-state index is 11.8. The van der Waals surface area contributed by atoms with Crippen LogP contribution in [0.3, 0.4) is 0 Å². The third kappa shape index (κ3) is 5.19. The summed E-state index contributed by atoms with van der Waals surface area (Å²) < 4.78 is 39.3. The molecule has 0 radical (unpaired) electrons. The number of carbonyl (C=O) groups is 1. The van der Waals surface area contributed by atoms with Crippen LogP contribution >= 0.6 is 0 Å². The van der Waals surface area contributed by atoms with Gasteiger partial charge in [0.05, 0.1) is 0 Å². The van der Waals surface area contributed by atoms with Gasteiger partial charge in [-0.3, -0.25) is 5.32 Å². The molecule has 7 heteroatoms. The number of anilines is 1. The van der Waals surface area contributed by atoms with E-state index in [4.69, 9.17) is 0 Å². The normalized spacial score (nSPS) is 11.1. The minimum absolute atomic E-state index is 0.162. The number of ether oxygens (including phenoxy) is 1. The van der Waals surface area contributed by atoms with Crippen molar-refractivity contribution in [1.29, 1.82) is 0 Å². The lowest BCUT2D eigenvalue weighted by Crippen LogP contribution is -2.23. The molecule has 0 atom stereocenters. The number of carbonyl (C=O) groups excluding carboxylic acids is 1. The minimum Gasteiger partial charge on any atom is -0.440 e. The van der Waals surface area contributed by atoms with Crippen LogP contribution in [0.15, 0.2) is 12.1 Å². The Balaban J connectivity index is 2.56. The van der Waals surface area contributed by atoms with E-state index in [1.807, 2.05) is 0 Å². The predicted octanol–water partition coefficient (Wildman–Crippen LogP) is 2.81. The first-order valence-electron chi connectivity index (χ1n) is 4.72. The van der Waals surface area contributed by atoms with Crippen molar-refractivity contribution in [3.63, 3.8) is 0 Å². The van der Waals surface area contributed by atoms with Gasteiger partial charge in [0.1, 0.15) is 5.82 Å². The molecular formula is C10H11F3N2O2. The number of halogens is 3. The van der Waals surface area contributed by atoms with Gasteiger partial charge in [-0.05, 0) is 31.5 Å². The zero-order chi connectivity index (χ0) is 13.1. The van der Waals surface area contributed by atoms with Gasteiger partial charge in [0.15, 0.2) is 6.61 Å². The lowest BCUT2D eigenvalue weighted by Gasteiger charge is -2.09. The smallest absolute Gasteiger partial charge is 0.422 e. The molecule has 17 heavy (non-hydrogen) atoms. The highest BCUT2D eigenvalue weighted by Crippen LogP contribution is 2.15. The molecule has 1 aromatic rings. The maximum Gasteiger partial charge on any atom is 0.422 e. The molecule has 94 valence electrons. The first-order valence-corrected chi connectivity index (χ1v) is 4.72. The van der Waals surface area contributed by atoms with Crippen molar-refractivity contribution in [2.45, 2.75) is 20.0 Å². The molecule has 0 fully saturated rings. The fourth-order valence-electron chi connectivity index (χ4n) is 1.19. The summed E-state index contributed by atoms with van der Waals surface area (Å²) in [7, 11) is 0. The molecule has 0 aliphatic carbocycles. The SMILES string of the molecule is Cc1cc(C)nc(NC(=O)OCC(F)(F)F)c1. The Hall–Kier alpha value is -1.79. The van der Waals surface area contributed by atoms with Crippen molar-refractivity contribution < 1.29 is 22.7 Å². The van der Waals surface area contributed by atoms with Crippen molar-refractivity contribution >= 4 is 11.9 Å². The van der Waals surface area contributed by atoms with Crippen LogP contribution in [0.5, 0.6) is 0 Å². The number of nitrogens with zero attached hydrogens (tertiary/aromatic N) is 1. The third-order valence-electron chi connectivity index (χ3n) is 1.69. The fraction of sp³-hybridized carbons (Fsp3) is 0.400. The fourth-order valence-corrected chi connectivity index (χ4v) is 1.19. The van der Waals surface area contributed by atoms with Crippen LogP contribution in [0.4, 0.5) is 23.8 Å². The summed E-state index contributed by atoms with van der Waals surface area (Å²) in [5.74, 6) is 0.162. The van der Waals surface area contributed by atoms with Gasteiger partial charge in [0.25, 0.3) is 0 Å². The van der Waals surface area contributed by atoms with Crippen molar-refractivity contribution in [2.75, 3.05) is 11.9 Å². The monoisotopic (exact) mass is 248 g/mol. The highest BCUT2D eigenvalue weighted by Gasteiger charge is 2.29. The van der Waals surface area contributed by atoms with Crippen LogP contribution < -0.4 is 5.32 Å². The topological polar surface area (TPSA) is 51.2 Å². The summed E-state index contributed by atoms with van der Waals surface area (Å²) in [6, 6.07) is 3.30. The first kappa shape index (κ1) is 13.3. The quantitative estimate of drug-likeness (QED) is 0.875. The molecule has 0 unspecified atom stereocenters. The summed E-state index contributed by atoms with van der Waals surface area (Å²) in [6.07, 6.45) is -5.72. The molecule has 0 saturated carbocycles. The number of hydrogen-bond acceptors (Lipinski definition) is 3. The van der Waals surface area contributed by atoms with Gasteiger partial charge in [-0.15, -0.1) is 0 Å². The average molecular weight is 248 g/mol. The van der Waals surface area contributed by atoms with E-state index >= 15 is 0 Å². The average Bonchev–Trinajstić information content (AvgIpc) is 2.11. The number of hydrogen-bond donors (Lipinski definition) is 1. The lowest BCUT2D eigenvalue weighted by molar-refractivity contribution is -0.159. The largest absolute Gasteiger partial charge is 0.440 e. The Morgan fingerprint density at radius 1 is 1.41 bits per heavy atom. The number of nitrogens with one attached hydrogen (secondary N) is 1. The molecule has 0 bridgehead atoms. The Bertz CT molecular complexity index is 398. The lowest BCUT2D eigenvalue weighted by atomic mass is 10.2. The second-order valence-corrected chi connectivity index (χ2v) is 3.49. The number of pyridine rings is 1. The molecule has 0 saturated heterocycles. The Kier molecular flexibility index (Phi) is 3.93. The van der Waals surface area contributed by atoms with Crippen LogP contribution in [-0.4, -0.2) is 23.9 Å². The summed E-state index contributed by atoms with van der Waals surface area (Å²) in [6.45, 7) is 1.86. The molecule has 1 amide bonds. The van der Waals surface area contributed by atoms with E-state index in [9.17, 15) is 18.0 Å². The molecule has 1 rings (SSSR count). The predicted molar refractivity (Wildman–Crippen MR) is 54.7 cm³/mol. The zero-order valence-corrected chi connectivity index (χ0v) is 9.26. The maximum absolute atomic E-state index is 11.8.